The van der Waals surface area contributed by atoms with Crippen LogP contribution in [0.4, 0.5) is 0 Å². The third kappa shape index (κ3) is 4.82. The van der Waals surface area contributed by atoms with Crippen LogP contribution in [0.1, 0.15) is 12.5 Å². The Bertz CT molecular complexity index is 491. The number of methoxy groups -OCH3 is 1. The van der Waals surface area contributed by atoms with Crippen molar-refractivity contribution in [2.75, 3.05) is 20.3 Å². The molecule has 5 nitrogen and oxygen atoms in total. The summed E-state index contributed by atoms with van der Waals surface area (Å²) < 4.78 is 10.6. The second-order valence-corrected chi connectivity index (χ2v) is 4.20. The van der Waals surface area contributed by atoms with Crippen LogP contribution in [0.2, 0.25) is 0 Å². The fourth-order valence-corrected chi connectivity index (χ4v) is 1.58. The van der Waals surface area contributed by atoms with Gasteiger partial charge in [0, 0.05) is 6.54 Å². The fraction of sp³-hybridized carbons (Fsp3) is 0.400. The van der Waals surface area contributed by atoms with Gasteiger partial charge in [0.1, 0.15) is 12.7 Å². The van der Waals surface area contributed by atoms with E-state index < -0.39 is 6.10 Å². The quantitative estimate of drug-likeness (QED) is 0.722. The van der Waals surface area contributed by atoms with E-state index in [4.69, 9.17) is 21.0 Å². The summed E-state index contributed by atoms with van der Waals surface area (Å²) in [5.74, 6) is 3.19. The largest absolute Gasteiger partial charge is 0.493 e. The highest BCUT2D eigenvalue weighted by Gasteiger charge is 2.08. The van der Waals surface area contributed by atoms with E-state index in [0.29, 0.717) is 24.5 Å². The van der Waals surface area contributed by atoms with Crippen LogP contribution in [0.5, 0.6) is 11.5 Å². The number of rotatable bonds is 7. The molecule has 1 aromatic carbocycles. The zero-order valence-corrected chi connectivity index (χ0v) is 11.7. The summed E-state index contributed by atoms with van der Waals surface area (Å²) >= 11 is 0. The number of terminal acetylenes is 1. The maximum absolute atomic E-state index is 11.2. The molecule has 0 aliphatic rings. The molecule has 0 aliphatic heterocycles. The van der Waals surface area contributed by atoms with Crippen molar-refractivity contribution in [2.45, 2.75) is 19.4 Å². The molecule has 0 radical (unpaired) electrons. The molecule has 0 bridgehead atoms. The van der Waals surface area contributed by atoms with Gasteiger partial charge in [-0.25, -0.2) is 0 Å². The third-order valence-electron chi connectivity index (χ3n) is 2.63. The van der Waals surface area contributed by atoms with Crippen molar-refractivity contribution < 1.29 is 19.4 Å². The number of amides is 1. The van der Waals surface area contributed by atoms with Gasteiger partial charge in [0.05, 0.1) is 7.11 Å². The first-order chi connectivity index (χ1) is 9.58. The minimum atomic E-state index is -0.996. The first-order valence-electron chi connectivity index (χ1n) is 6.27. The molecule has 0 saturated heterocycles. The van der Waals surface area contributed by atoms with Crippen molar-refractivity contribution in [1.82, 2.24) is 5.32 Å². The number of benzene rings is 1. The summed E-state index contributed by atoms with van der Waals surface area (Å²) in [5.41, 5.74) is 0.987. The second kappa shape index (κ2) is 8.08. The van der Waals surface area contributed by atoms with Gasteiger partial charge in [-0.2, -0.15) is 0 Å². The third-order valence-corrected chi connectivity index (χ3v) is 2.63. The van der Waals surface area contributed by atoms with Crippen LogP contribution in [0.3, 0.4) is 0 Å². The van der Waals surface area contributed by atoms with Gasteiger partial charge in [0.2, 0.25) is 5.91 Å². The molecule has 108 valence electrons. The SMILES string of the molecule is C#CCOc1ccc(CCNC(=O)C(C)O)cc1OC. The van der Waals surface area contributed by atoms with E-state index in [1.54, 1.807) is 13.2 Å². The molecule has 0 aliphatic carbocycles. The Kier molecular flexibility index (Phi) is 6.41. The first-order valence-corrected chi connectivity index (χ1v) is 6.27. The van der Waals surface area contributed by atoms with Crippen LogP contribution < -0.4 is 14.8 Å². The maximum Gasteiger partial charge on any atom is 0.248 e. The number of hydrogen-bond donors (Lipinski definition) is 2. The lowest BCUT2D eigenvalue weighted by Gasteiger charge is -2.11. The van der Waals surface area contributed by atoms with E-state index in [9.17, 15) is 4.79 Å². The predicted octanol–water partition coefficient (Wildman–Crippen LogP) is 0.747. The topological polar surface area (TPSA) is 67.8 Å². The molecule has 5 heteroatoms. The molecule has 20 heavy (non-hydrogen) atoms. The van der Waals surface area contributed by atoms with E-state index in [1.165, 1.54) is 6.92 Å². The highest BCUT2D eigenvalue weighted by molar-refractivity contribution is 5.79. The molecule has 0 aromatic heterocycles. The van der Waals surface area contributed by atoms with Gasteiger partial charge in [0.25, 0.3) is 0 Å². The number of carbonyl (C=O) groups is 1. The van der Waals surface area contributed by atoms with Crippen LogP contribution in [0.15, 0.2) is 18.2 Å². The Hall–Kier alpha value is -2.19. The normalized spacial score (nSPS) is 11.3. The van der Waals surface area contributed by atoms with Gasteiger partial charge in [-0.15, -0.1) is 6.42 Å². The molecule has 0 heterocycles. The lowest BCUT2D eigenvalue weighted by Crippen LogP contribution is -2.33. The van der Waals surface area contributed by atoms with Crippen LogP contribution in [-0.2, 0) is 11.2 Å². The Labute approximate surface area is 118 Å². The van der Waals surface area contributed by atoms with Gasteiger partial charge in [0.15, 0.2) is 11.5 Å². The molecular weight excluding hydrogens is 258 g/mol. The molecule has 1 aromatic rings. The first kappa shape index (κ1) is 15.9. The zero-order valence-electron chi connectivity index (χ0n) is 11.7. The summed E-state index contributed by atoms with van der Waals surface area (Å²) in [6, 6.07) is 5.49. The van der Waals surface area contributed by atoms with E-state index >= 15 is 0 Å². The number of carbonyl (C=O) groups excluding carboxylic acids is 1. The molecule has 0 spiro atoms. The molecule has 0 saturated carbocycles. The van der Waals surface area contributed by atoms with Gasteiger partial charge in [-0.1, -0.05) is 12.0 Å². The highest BCUT2D eigenvalue weighted by atomic mass is 16.5. The molecule has 1 unspecified atom stereocenters. The van der Waals surface area contributed by atoms with Gasteiger partial charge in [-0.05, 0) is 31.0 Å². The summed E-state index contributed by atoms with van der Waals surface area (Å²) in [7, 11) is 1.55. The van der Waals surface area contributed by atoms with Gasteiger partial charge < -0.3 is 19.9 Å². The molecular formula is C15H19NO4. The molecule has 1 atom stereocenters. The number of aliphatic hydroxyl groups excluding tert-OH is 1. The molecule has 0 fully saturated rings. The molecule has 1 amide bonds. The Morgan fingerprint density at radius 2 is 2.25 bits per heavy atom. The monoisotopic (exact) mass is 277 g/mol. The van der Waals surface area contributed by atoms with Crippen LogP contribution in [0.25, 0.3) is 0 Å². The van der Waals surface area contributed by atoms with E-state index in [2.05, 4.69) is 11.2 Å². The van der Waals surface area contributed by atoms with Crippen molar-refractivity contribution >= 4 is 5.91 Å². The zero-order chi connectivity index (χ0) is 15.0. The van der Waals surface area contributed by atoms with Gasteiger partial charge in [-0.3, -0.25) is 4.79 Å². The van der Waals surface area contributed by atoms with E-state index in [-0.39, 0.29) is 12.5 Å². The van der Waals surface area contributed by atoms with Crippen molar-refractivity contribution in [2.24, 2.45) is 0 Å². The molecule has 2 N–H and O–H groups in total. The average Bonchev–Trinajstić information content (AvgIpc) is 2.45. The highest BCUT2D eigenvalue weighted by Crippen LogP contribution is 2.28. The summed E-state index contributed by atoms with van der Waals surface area (Å²) in [5, 5.41) is 11.7. The van der Waals surface area contributed by atoms with Gasteiger partial charge >= 0.3 is 0 Å². The van der Waals surface area contributed by atoms with Crippen molar-refractivity contribution in [1.29, 1.82) is 0 Å². The lowest BCUT2D eigenvalue weighted by molar-refractivity contribution is -0.128. The number of ether oxygens (including phenoxy) is 2. The standard InChI is InChI=1S/C15H19NO4/c1-4-9-20-13-6-5-12(10-14(13)19-3)7-8-16-15(18)11(2)17/h1,5-6,10-11,17H,7-9H2,2-3H3,(H,16,18). The number of hydrogen-bond acceptors (Lipinski definition) is 4. The summed E-state index contributed by atoms with van der Waals surface area (Å²) in [4.78, 5) is 11.2. The second-order valence-electron chi connectivity index (χ2n) is 4.20. The van der Waals surface area contributed by atoms with Crippen LogP contribution >= 0.6 is 0 Å². The minimum Gasteiger partial charge on any atom is -0.493 e. The van der Waals surface area contributed by atoms with Crippen LogP contribution in [-0.4, -0.2) is 37.4 Å². The van der Waals surface area contributed by atoms with E-state index in [1.807, 2.05) is 12.1 Å². The van der Waals surface area contributed by atoms with Crippen LogP contribution in [0, 0.1) is 12.3 Å². The summed E-state index contributed by atoms with van der Waals surface area (Å²) in [6.07, 6.45) is 4.77. The smallest absolute Gasteiger partial charge is 0.248 e. The number of nitrogens with one attached hydrogen (secondary N) is 1. The Balaban J connectivity index is 2.59. The maximum atomic E-state index is 11.2. The average molecular weight is 277 g/mol. The van der Waals surface area contributed by atoms with Crippen molar-refractivity contribution in [3.05, 3.63) is 23.8 Å². The minimum absolute atomic E-state index is 0.181. The Morgan fingerprint density at radius 3 is 2.85 bits per heavy atom. The predicted molar refractivity (Wildman–Crippen MR) is 75.7 cm³/mol. The molecule has 1 rings (SSSR count). The summed E-state index contributed by atoms with van der Waals surface area (Å²) in [6.45, 7) is 2.05. The van der Waals surface area contributed by atoms with Crippen molar-refractivity contribution in [3.8, 4) is 23.8 Å². The fourth-order valence-electron chi connectivity index (χ4n) is 1.58. The van der Waals surface area contributed by atoms with Crippen molar-refractivity contribution in [3.63, 3.8) is 0 Å². The Morgan fingerprint density at radius 1 is 1.50 bits per heavy atom. The number of aliphatic hydroxyl groups is 1. The lowest BCUT2D eigenvalue weighted by atomic mass is 10.1. The van der Waals surface area contributed by atoms with E-state index in [0.717, 1.165) is 5.56 Å².